The molecule has 0 radical (unpaired) electrons. The Balaban J connectivity index is 2.20. The first kappa shape index (κ1) is 14.9. The molecular weight excluding hydrogens is 294 g/mol. The fourth-order valence-electron chi connectivity index (χ4n) is 1.88. The van der Waals surface area contributed by atoms with E-state index in [4.69, 9.17) is 5.11 Å². The van der Waals surface area contributed by atoms with Gasteiger partial charge in [-0.2, -0.15) is 0 Å². The van der Waals surface area contributed by atoms with Crippen LogP contribution in [0.3, 0.4) is 0 Å². The van der Waals surface area contributed by atoms with Gasteiger partial charge in [0.2, 0.25) is 0 Å². The minimum atomic E-state index is -1.19. The summed E-state index contributed by atoms with van der Waals surface area (Å²) in [6, 6.07) is 2.48. The molecule has 0 saturated heterocycles. The van der Waals surface area contributed by atoms with Gasteiger partial charge in [-0.1, -0.05) is 0 Å². The summed E-state index contributed by atoms with van der Waals surface area (Å²) in [4.78, 5) is 25.6. The molecule has 0 bridgehead atoms. The maximum Gasteiger partial charge on any atom is 0.336 e. The van der Waals surface area contributed by atoms with Gasteiger partial charge in [0.1, 0.15) is 0 Å². The number of carbonyl (C=O) groups is 1. The van der Waals surface area contributed by atoms with Gasteiger partial charge in [0.25, 0.3) is 5.69 Å². The molecule has 2 N–H and O–H groups in total. The number of hydrogen-bond acceptors (Lipinski definition) is 6. The van der Waals surface area contributed by atoms with Crippen molar-refractivity contribution in [2.24, 2.45) is 0 Å². The molecule has 0 aliphatic rings. The number of nitro groups is 1. The van der Waals surface area contributed by atoms with Crippen molar-refractivity contribution in [3.63, 3.8) is 0 Å². The largest absolute Gasteiger partial charge is 0.478 e. The van der Waals surface area contributed by atoms with Crippen LogP contribution >= 0.6 is 11.3 Å². The summed E-state index contributed by atoms with van der Waals surface area (Å²) in [5.74, 6) is -1.19. The Labute approximate surface area is 124 Å². The quantitative estimate of drug-likeness (QED) is 0.628. The number of anilines is 1. The van der Waals surface area contributed by atoms with Crippen LogP contribution in [-0.2, 0) is 6.42 Å². The molecule has 8 heteroatoms. The van der Waals surface area contributed by atoms with Crippen molar-refractivity contribution >= 4 is 28.7 Å². The first-order valence-corrected chi connectivity index (χ1v) is 7.01. The Kier molecular flexibility index (Phi) is 4.49. The number of carboxylic acids is 1. The van der Waals surface area contributed by atoms with Crippen LogP contribution in [0.2, 0.25) is 0 Å². The fraction of sp³-hybridized carbons (Fsp3) is 0.231. The Bertz CT molecular complexity index is 670. The third kappa shape index (κ3) is 3.54. The number of nitrogens with one attached hydrogen (secondary N) is 1. The van der Waals surface area contributed by atoms with Crippen LogP contribution < -0.4 is 5.32 Å². The van der Waals surface area contributed by atoms with Crippen LogP contribution in [0.15, 0.2) is 23.7 Å². The summed E-state index contributed by atoms with van der Waals surface area (Å²) in [6.07, 6.45) is 2.38. The molecule has 0 unspecified atom stereocenters. The number of nitrogens with zero attached hydrogens (tertiary/aromatic N) is 2. The van der Waals surface area contributed by atoms with E-state index in [1.807, 2.05) is 5.38 Å². The van der Waals surface area contributed by atoms with Crippen molar-refractivity contribution in [2.45, 2.75) is 13.3 Å². The van der Waals surface area contributed by atoms with Crippen LogP contribution in [0.1, 0.15) is 20.9 Å². The van der Waals surface area contributed by atoms with Gasteiger partial charge in [-0.15, -0.1) is 11.3 Å². The predicted molar refractivity (Wildman–Crippen MR) is 79.1 cm³/mol. The fourth-order valence-corrected chi connectivity index (χ4v) is 2.50. The average molecular weight is 307 g/mol. The standard InChI is InChI=1S/C13H13N3O4S/c1-8-10(14-3-2-12-15-4-5-21-12)6-9(13(17)18)7-11(8)16(19)20/h4-7,14H,2-3H2,1H3,(H,17,18). The van der Waals surface area contributed by atoms with Crippen molar-refractivity contribution in [1.29, 1.82) is 0 Å². The number of aromatic carboxylic acids is 1. The normalized spacial score (nSPS) is 10.3. The highest BCUT2D eigenvalue weighted by atomic mass is 32.1. The van der Waals surface area contributed by atoms with Gasteiger partial charge in [0.15, 0.2) is 0 Å². The number of rotatable bonds is 6. The maximum atomic E-state index is 11.0. The highest BCUT2D eigenvalue weighted by Gasteiger charge is 2.18. The van der Waals surface area contributed by atoms with E-state index in [1.165, 1.54) is 17.4 Å². The Hall–Kier alpha value is -2.48. The molecule has 2 aromatic rings. The molecule has 0 spiro atoms. The third-order valence-electron chi connectivity index (χ3n) is 2.96. The van der Waals surface area contributed by atoms with E-state index in [9.17, 15) is 14.9 Å². The average Bonchev–Trinajstić information content (AvgIpc) is 2.93. The lowest BCUT2D eigenvalue weighted by molar-refractivity contribution is -0.385. The number of benzene rings is 1. The zero-order chi connectivity index (χ0) is 15.4. The summed E-state index contributed by atoms with van der Waals surface area (Å²) >= 11 is 1.52. The zero-order valence-corrected chi connectivity index (χ0v) is 12.0. The zero-order valence-electron chi connectivity index (χ0n) is 11.2. The van der Waals surface area contributed by atoms with E-state index < -0.39 is 10.9 Å². The predicted octanol–water partition coefficient (Wildman–Crippen LogP) is 2.71. The van der Waals surface area contributed by atoms with Crippen LogP contribution in [0.25, 0.3) is 0 Å². The molecule has 1 aromatic heterocycles. The highest BCUT2D eigenvalue weighted by Crippen LogP contribution is 2.27. The second-order valence-electron chi connectivity index (χ2n) is 4.33. The van der Waals surface area contributed by atoms with Crippen molar-refractivity contribution in [2.75, 3.05) is 11.9 Å². The van der Waals surface area contributed by atoms with Crippen molar-refractivity contribution < 1.29 is 14.8 Å². The number of carboxylic acid groups (broad SMARTS) is 1. The number of thiazole rings is 1. The molecule has 0 aliphatic heterocycles. The summed E-state index contributed by atoms with van der Waals surface area (Å²) in [5, 5.41) is 25.9. The van der Waals surface area contributed by atoms with Gasteiger partial charge in [0, 0.05) is 41.9 Å². The van der Waals surface area contributed by atoms with Crippen molar-refractivity contribution in [3.05, 3.63) is 50.0 Å². The summed E-state index contributed by atoms with van der Waals surface area (Å²) in [5.41, 5.74) is 0.568. The molecule has 2 rings (SSSR count). The highest BCUT2D eigenvalue weighted by molar-refractivity contribution is 7.09. The van der Waals surface area contributed by atoms with E-state index in [-0.39, 0.29) is 11.3 Å². The smallest absolute Gasteiger partial charge is 0.336 e. The molecule has 0 amide bonds. The number of aromatic nitrogens is 1. The first-order valence-electron chi connectivity index (χ1n) is 6.13. The lowest BCUT2D eigenvalue weighted by Gasteiger charge is -2.10. The first-order chi connectivity index (χ1) is 9.99. The lowest BCUT2D eigenvalue weighted by atomic mass is 10.1. The van der Waals surface area contributed by atoms with E-state index >= 15 is 0 Å². The van der Waals surface area contributed by atoms with E-state index in [0.717, 1.165) is 11.1 Å². The van der Waals surface area contributed by atoms with E-state index in [1.54, 1.807) is 13.1 Å². The van der Waals surface area contributed by atoms with Gasteiger partial charge in [-0.05, 0) is 13.0 Å². The molecule has 21 heavy (non-hydrogen) atoms. The molecule has 1 heterocycles. The molecule has 0 saturated carbocycles. The van der Waals surface area contributed by atoms with Crippen molar-refractivity contribution in [1.82, 2.24) is 4.98 Å². The summed E-state index contributed by atoms with van der Waals surface area (Å²) < 4.78 is 0. The molecule has 110 valence electrons. The SMILES string of the molecule is Cc1c(NCCc2nccs2)cc(C(=O)O)cc1[N+](=O)[O-]. The third-order valence-corrected chi connectivity index (χ3v) is 3.80. The Morgan fingerprint density at radius 2 is 2.29 bits per heavy atom. The van der Waals surface area contributed by atoms with E-state index in [0.29, 0.717) is 24.2 Å². The van der Waals surface area contributed by atoms with Crippen molar-refractivity contribution in [3.8, 4) is 0 Å². The molecule has 1 aromatic carbocycles. The van der Waals surface area contributed by atoms with Crippen LogP contribution in [-0.4, -0.2) is 27.5 Å². The van der Waals surface area contributed by atoms with Crippen LogP contribution in [0.5, 0.6) is 0 Å². The summed E-state index contributed by atoms with van der Waals surface area (Å²) in [6.45, 7) is 2.12. The van der Waals surface area contributed by atoms with E-state index in [2.05, 4.69) is 10.3 Å². The molecule has 0 atom stereocenters. The lowest BCUT2D eigenvalue weighted by Crippen LogP contribution is -2.09. The Morgan fingerprint density at radius 1 is 1.52 bits per heavy atom. The molecular formula is C13H13N3O4S. The molecule has 0 aliphatic carbocycles. The minimum absolute atomic E-state index is 0.107. The summed E-state index contributed by atoms with van der Waals surface area (Å²) in [7, 11) is 0. The number of nitro benzene ring substituents is 1. The Morgan fingerprint density at radius 3 is 2.86 bits per heavy atom. The molecule has 7 nitrogen and oxygen atoms in total. The monoisotopic (exact) mass is 307 g/mol. The number of hydrogen-bond donors (Lipinski definition) is 2. The van der Waals surface area contributed by atoms with Gasteiger partial charge >= 0.3 is 5.97 Å². The minimum Gasteiger partial charge on any atom is -0.478 e. The maximum absolute atomic E-state index is 11.0. The van der Waals surface area contributed by atoms with Crippen LogP contribution in [0, 0.1) is 17.0 Å². The van der Waals surface area contributed by atoms with Gasteiger partial charge < -0.3 is 10.4 Å². The second-order valence-corrected chi connectivity index (χ2v) is 5.31. The topological polar surface area (TPSA) is 105 Å². The van der Waals surface area contributed by atoms with Gasteiger partial charge in [0.05, 0.1) is 15.5 Å². The van der Waals surface area contributed by atoms with Crippen LogP contribution in [0.4, 0.5) is 11.4 Å². The molecule has 0 fully saturated rings. The van der Waals surface area contributed by atoms with Gasteiger partial charge in [-0.3, -0.25) is 10.1 Å². The van der Waals surface area contributed by atoms with Gasteiger partial charge in [-0.25, -0.2) is 9.78 Å². The second kappa shape index (κ2) is 6.31.